The van der Waals surface area contributed by atoms with Crippen molar-refractivity contribution in [2.45, 2.75) is 76.6 Å². The van der Waals surface area contributed by atoms with Gasteiger partial charge in [-0.2, -0.15) is 9.97 Å². The van der Waals surface area contributed by atoms with Crippen molar-refractivity contribution in [1.82, 2.24) is 19.8 Å². The molecule has 0 aliphatic carbocycles. The summed E-state index contributed by atoms with van der Waals surface area (Å²) in [5.74, 6) is 0.0227. The molecule has 4 heterocycles. The van der Waals surface area contributed by atoms with E-state index in [1.54, 1.807) is 6.07 Å². The number of fused-ring (bicyclic) bond motifs is 3. The summed E-state index contributed by atoms with van der Waals surface area (Å²) in [4.78, 5) is 28.4. The number of rotatable bonds is 4. The Labute approximate surface area is 230 Å². The van der Waals surface area contributed by atoms with E-state index in [1.807, 2.05) is 25.7 Å². The third-order valence-corrected chi connectivity index (χ3v) is 9.12. The van der Waals surface area contributed by atoms with Gasteiger partial charge in [0.2, 0.25) is 0 Å². The molecule has 0 N–H and O–H groups in total. The molecule has 0 spiro atoms. The molecule has 2 bridgehead atoms. The van der Waals surface area contributed by atoms with E-state index in [-0.39, 0.29) is 44.7 Å². The molecule has 5 rings (SSSR count). The van der Waals surface area contributed by atoms with Crippen molar-refractivity contribution in [2.24, 2.45) is 0 Å². The summed E-state index contributed by atoms with van der Waals surface area (Å²) in [6, 6.07) is 1.78. The number of likely N-dealkylation sites (N-methyl/N-ethyl adjacent to an activating group) is 1. The van der Waals surface area contributed by atoms with Crippen LogP contribution in [0.5, 0.6) is 6.01 Å². The minimum Gasteiger partial charge on any atom is -0.461 e. The van der Waals surface area contributed by atoms with Crippen molar-refractivity contribution >= 4 is 50.3 Å². The molecular formula is C26H34BrClFN5O3. The number of hydrogen-bond donors (Lipinski definition) is 0. The SMILES string of the molecule is CN1CCC[C@@]1(C)COc1nc(N2CC3CCC(C2)N3C(=O)OC(C)(C)C)c2cc(Cl)c(Br)c(F)c2n1. The van der Waals surface area contributed by atoms with Crippen LogP contribution in [-0.4, -0.2) is 82.4 Å². The Morgan fingerprint density at radius 1 is 1.27 bits per heavy atom. The molecule has 3 atom stereocenters. The highest BCUT2D eigenvalue weighted by atomic mass is 79.9. The van der Waals surface area contributed by atoms with Gasteiger partial charge in [0.25, 0.3) is 0 Å². The average Bonchev–Trinajstić information content (AvgIpc) is 3.30. The number of piperazine rings is 1. The number of amides is 1. The molecule has 2 aromatic rings. The molecule has 3 aliphatic heterocycles. The van der Waals surface area contributed by atoms with Gasteiger partial charge in [-0.05, 0) is 89.0 Å². The molecule has 202 valence electrons. The summed E-state index contributed by atoms with van der Waals surface area (Å²) in [6.45, 7) is 10.3. The Morgan fingerprint density at radius 3 is 2.54 bits per heavy atom. The second-order valence-corrected chi connectivity index (χ2v) is 12.9. The number of ether oxygens (including phenoxy) is 2. The van der Waals surface area contributed by atoms with Crippen LogP contribution in [0, 0.1) is 5.82 Å². The van der Waals surface area contributed by atoms with E-state index in [9.17, 15) is 4.79 Å². The fraction of sp³-hybridized carbons (Fsp3) is 0.654. The number of likely N-dealkylation sites (tertiary alicyclic amines) is 1. The first-order valence-electron chi connectivity index (χ1n) is 12.8. The zero-order chi connectivity index (χ0) is 26.7. The topological polar surface area (TPSA) is 71.0 Å². The Balaban J connectivity index is 1.48. The van der Waals surface area contributed by atoms with Gasteiger partial charge in [0.1, 0.15) is 23.5 Å². The van der Waals surface area contributed by atoms with E-state index in [2.05, 4.69) is 44.7 Å². The van der Waals surface area contributed by atoms with Crippen LogP contribution in [-0.2, 0) is 4.74 Å². The van der Waals surface area contributed by atoms with E-state index >= 15 is 4.39 Å². The van der Waals surface area contributed by atoms with Crippen molar-refractivity contribution in [1.29, 1.82) is 0 Å². The van der Waals surface area contributed by atoms with Crippen LogP contribution in [0.2, 0.25) is 5.02 Å². The standard InChI is InChI=1S/C26H34BrClFN5O3/c1-25(2,3)37-24(35)34-15-7-8-16(34)13-33(12-15)22-17-11-18(28)19(27)20(29)21(17)30-23(31-22)36-14-26(4)9-6-10-32(26)5/h11,15-16H,6-10,12-14H2,1-5H3/t15?,16?,26-/m0/s1. The minimum absolute atomic E-state index is 0.0233. The second kappa shape index (κ2) is 9.68. The van der Waals surface area contributed by atoms with Crippen LogP contribution in [0.3, 0.4) is 0 Å². The highest BCUT2D eigenvalue weighted by Crippen LogP contribution is 2.40. The largest absolute Gasteiger partial charge is 0.461 e. The number of anilines is 1. The highest BCUT2D eigenvalue weighted by Gasteiger charge is 2.45. The van der Waals surface area contributed by atoms with Gasteiger partial charge in [0, 0.05) is 18.5 Å². The van der Waals surface area contributed by atoms with Crippen molar-refractivity contribution < 1.29 is 18.7 Å². The molecule has 2 unspecified atom stereocenters. The number of carbonyl (C=O) groups excluding carboxylic acids is 1. The molecule has 3 fully saturated rings. The summed E-state index contributed by atoms with van der Waals surface area (Å²) < 4.78 is 27.3. The first kappa shape index (κ1) is 26.7. The zero-order valence-electron chi connectivity index (χ0n) is 22.0. The highest BCUT2D eigenvalue weighted by molar-refractivity contribution is 9.10. The maximum atomic E-state index is 15.4. The van der Waals surface area contributed by atoms with Gasteiger partial charge < -0.3 is 14.4 Å². The maximum Gasteiger partial charge on any atom is 0.410 e. The minimum atomic E-state index is -0.561. The Kier molecular flexibility index (Phi) is 6.98. The summed E-state index contributed by atoms with van der Waals surface area (Å²) in [6.07, 6.45) is 3.57. The molecule has 1 amide bonds. The smallest absolute Gasteiger partial charge is 0.410 e. The van der Waals surface area contributed by atoms with Gasteiger partial charge in [-0.25, -0.2) is 9.18 Å². The van der Waals surface area contributed by atoms with Gasteiger partial charge in [-0.1, -0.05) is 11.6 Å². The first-order valence-corrected chi connectivity index (χ1v) is 14.0. The Morgan fingerprint density at radius 2 is 1.95 bits per heavy atom. The van der Waals surface area contributed by atoms with Gasteiger partial charge in [-0.3, -0.25) is 9.80 Å². The lowest BCUT2D eigenvalue weighted by atomic mass is 10.0. The summed E-state index contributed by atoms with van der Waals surface area (Å²) in [5.41, 5.74) is -0.535. The lowest BCUT2D eigenvalue weighted by Gasteiger charge is -2.42. The molecule has 11 heteroatoms. The zero-order valence-corrected chi connectivity index (χ0v) is 24.3. The number of halogens is 3. The molecule has 0 saturated carbocycles. The van der Waals surface area contributed by atoms with Crippen LogP contribution >= 0.6 is 27.5 Å². The van der Waals surface area contributed by atoms with Crippen LogP contribution in [0.15, 0.2) is 10.5 Å². The normalized spacial score (nSPS) is 26.3. The summed E-state index contributed by atoms with van der Waals surface area (Å²) in [7, 11) is 2.09. The predicted molar refractivity (Wildman–Crippen MR) is 145 cm³/mol. The number of hydrogen-bond acceptors (Lipinski definition) is 7. The fourth-order valence-corrected chi connectivity index (χ4v) is 6.19. The van der Waals surface area contributed by atoms with E-state index in [1.165, 1.54) is 0 Å². The van der Waals surface area contributed by atoms with E-state index in [0.29, 0.717) is 30.9 Å². The van der Waals surface area contributed by atoms with E-state index in [4.69, 9.17) is 26.1 Å². The third kappa shape index (κ3) is 5.08. The van der Waals surface area contributed by atoms with Crippen LogP contribution in [0.4, 0.5) is 15.0 Å². The number of benzene rings is 1. The number of aromatic nitrogens is 2. The maximum absolute atomic E-state index is 15.4. The molecular weight excluding hydrogens is 565 g/mol. The molecule has 1 aromatic carbocycles. The third-order valence-electron chi connectivity index (χ3n) is 7.82. The Hall–Kier alpha value is -1.91. The van der Waals surface area contributed by atoms with Crippen molar-refractivity contribution in [3.63, 3.8) is 0 Å². The number of carbonyl (C=O) groups is 1. The van der Waals surface area contributed by atoms with Crippen LogP contribution < -0.4 is 9.64 Å². The van der Waals surface area contributed by atoms with Gasteiger partial charge >= 0.3 is 12.1 Å². The predicted octanol–water partition coefficient (Wildman–Crippen LogP) is 5.64. The molecule has 37 heavy (non-hydrogen) atoms. The monoisotopic (exact) mass is 597 g/mol. The van der Waals surface area contributed by atoms with E-state index < -0.39 is 11.4 Å². The van der Waals surface area contributed by atoms with Crippen LogP contribution in [0.25, 0.3) is 10.9 Å². The van der Waals surface area contributed by atoms with Gasteiger partial charge in [0.05, 0.1) is 27.1 Å². The lowest BCUT2D eigenvalue weighted by molar-refractivity contribution is 0.0123. The van der Waals surface area contributed by atoms with Crippen LogP contribution in [0.1, 0.15) is 53.4 Å². The molecule has 8 nitrogen and oxygen atoms in total. The Bertz CT molecular complexity index is 1210. The van der Waals surface area contributed by atoms with E-state index in [0.717, 1.165) is 32.2 Å². The quantitative estimate of drug-likeness (QED) is 0.422. The van der Waals surface area contributed by atoms with Crippen molar-refractivity contribution in [3.8, 4) is 6.01 Å². The van der Waals surface area contributed by atoms with Crippen molar-refractivity contribution in [2.75, 3.05) is 38.2 Å². The molecule has 1 aromatic heterocycles. The first-order chi connectivity index (χ1) is 17.4. The second-order valence-electron chi connectivity index (χ2n) is 11.7. The lowest BCUT2D eigenvalue weighted by Crippen LogP contribution is -2.57. The van der Waals surface area contributed by atoms with Gasteiger partial charge in [-0.15, -0.1) is 0 Å². The molecule has 3 aliphatic rings. The number of nitrogens with zero attached hydrogens (tertiary/aromatic N) is 5. The molecule has 0 radical (unpaired) electrons. The van der Waals surface area contributed by atoms with Crippen molar-refractivity contribution in [3.05, 3.63) is 21.4 Å². The van der Waals surface area contributed by atoms with Gasteiger partial charge in [0.15, 0.2) is 5.82 Å². The fourth-order valence-electron chi connectivity index (χ4n) is 5.69. The molecule has 3 saturated heterocycles. The summed E-state index contributed by atoms with van der Waals surface area (Å²) in [5, 5.41) is 0.770. The average molecular weight is 599 g/mol. The summed E-state index contributed by atoms with van der Waals surface area (Å²) >= 11 is 9.60.